The Morgan fingerprint density at radius 1 is 1.00 bits per heavy atom. The monoisotopic (exact) mass is 461 g/mol. The van der Waals surface area contributed by atoms with Gasteiger partial charge in [-0.2, -0.15) is 0 Å². The van der Waals surface area contributed by atoms with E-state index in [1.807, 2.05) is 30.1 Å². The number of carbonyl (C=O) groups is 2. The molecule has 0 unspecified atom stereocenters. The molecule has 0 saturated carbocycles. The lowest BCUT2D eigenvalue weighted by Crippen LogP contribution is -2.49. The molecule has 7 heteroatoms. The van der Waals surface area contributed by atoms with Crippen molar-refractivity contribution < 1.29 is 18.7 Å². The third-order valence-corrected chi connectivity index (χ3v) is 6.07. The van der Waals surface area contributed by atoms with Crippen molar-refractivity contribution in [2.75, 3.05) is 33.7 Å². The summed E-state index contributed by atoms with van der Waals surface area (Å²) in [5.41, 5.74) is 2.85. The minimum atomic E-state index is -0.310. The molecule has 1 aliphatic rings. The van der Waals surface area contributed by atoms with Crippen LogP contribution in [-0.4, -0.2) is 55.3 Å². The zero-order valence-corrected chi connectivity index (χ0v) is 19.3. The Hall–Kier alpha value is -3.71. The van der Waals surface area contributed by atoms with Gasteiger partial charge in [-0.3, -0.25) is 14.5 Å². The number of nitrogens with one attached hydrogen (secondary N) is 1. The quantitative estimate of drug-likeness (QED) is 0.605. The van der Waals surface area contributed by atoms with Crippen LogP contribution >= 0.6 is 0 Å². The summed E-state index contributed by atoms with van der Waals surface area (Å²) in [6, 6.07) is 20.8. The van der Waals surface area contributed by atoms with Crippen molar-refractivity contribution in [3.63, 3.8) is 0 Å². The number of carbonyl (C=O) groups excluding carboxylic acids is 2. The molecule has 176 valence electrons. The Kier molecular flexibility index (Phi) is 7.23. The van der Waals surface area contributed by atoms with Gasteiger partial charge in [0.15, 0.2) is 0 Å². The van der Waals surface area contributed by atoms with Gasteiger partial charge in [0.25, 0.3) is 11.8 Å². The molecule has 0 aliphatic carbocycles. The largest absolute Gasteiger partial charge is 0.489 e. The number of piperazine rings is 1. The Balaban J connectivity index is 1.46. The lowest BCUT2D eigenvalue weighted by molar-refractivity contribution is 0.0545. The average Bonchev–Trinajstić information content (AvgIpc) is 2.87. The van der Waals surface area contributed by atoms with Crippen LogP contribution < -0.4 is 10.1 Å². The topological polar surface area (TPSA) is 61.9 Å². The van der Waals surface area contributed by atoms with Crippen molar-refractivity contribution in [1.82, 2.24) is 15.1 Å². The van der Waals surface area contributed by atoms with E-state index in [9.17, 15) is 14.0 Å². The van der Waals surface area contributed by atoms with Gasteiger partial charge in [0.1, 0.15) is 18.2 Å². The van der Waals surface area contributed by atoms with E-state index >= 15 is 0 Å². The van der Waals surface area contributed by atoms with Crippen molar-refractivity contribution in [3.8, 4) is 5.75 Å². The molecule has 4 rings (SSSR count). The Morgan fingerprint density at radius 2 is 1.76 bits per heavy atom. The van der Waals surface area contributed by atoms with Crippen LogP contribution in [0.4, 0.5) is 4.39 Å². The number of amides is 2. The fourth-order valence-electron chi connectivity index (χ4n) is 4.14. The molecular formula is C27H28FN3O3. The number of nitrogens with zero attached hydrogens (tertiary/aromatic N) is 2. The fourth-order valence-corrected chi connectivity index (χ4v) is 4.14. The van der Waals surface area contributed by atoms with Gasteiger partial charge in [0, 0.05) is 37.8 Å². The standard InChI is InChI=1S/C27H28FN3O3/c1-29-26(32)21-8-4-7-20(15-21)25-17-31(13-12-30(25)2)27(33)22-9-5-11-24(16-22)34-18-19-6-3-10-23(28)14-19/h3-11,14-16,25H,12-13,17-18H2,1-2H3,(H,29,32)/t25-/m0/s1. The molecule has 1 aliphatic heterocycles. The van der Waals surface area contributed by atoms with Gasteiger partial charge >= 0.3 is 0 Å². The summed E-state index contributed by atoms with van der Waals surface area (Å²) in [7, 11) is 3.64. The molecule has 1 heterocycles. The minimum Gasteiger partial charge on any atom is -0.489 e. The van der Waals surface area contributed by atoms with Crippen molar-refractivity contribution in [3.05, 3.63) is 101 Å². The van der Waals surface area contributed by atoms with E-state index in [2.05, 4.69) is 10.2 Å². The maximum Gasteiger partial charge on any atom is 0.254 e. The maximum atomic E-state index is 13.4. The van der Waals surface area contributed by atoms with Crippen molar-refractivity contribution in [1.29, 1.82) is 0 Å². The van der Waals surface area contributed by atoms with E-state index in [1.54, 1.807) is 49.5 Å². The molecule has 0 radical (unpaired) electrons. The van der Waals surface area contributed by atoms with E-state index in [0.29, 0.717) is 30.0 Å². The van der Waals surface area contributed by atoms with Gasteiger partial charge in [-0.15, -0.1) is 0 Å². The van der Waals surface area contributed by atoms with E-state index in [0.717, 1.165) is 17.7 Å². The molecule has 0 aromatic heterocycles. The number of halogens is 1. The number of hydrogen-bond acceptors (Lipinski definition) is 4. The first-order valence-electron chi connectivity index (χ1n) is 11.2. The zero-order valence-electron chi connectivity index (χ0n) is 19.3. The summed E-state index contributed by atoms with van der Waals surface area (Å²) in [5, 5.41) is 2.65. The number of likely N-dealkylation sites (N-methyl/N-ethyl adjacent to an activating group) is 1. The number of ether oxygens (including phenoxy) is 1. The summed E-state index contributed by atoms with van der Waals surface area (Å²) in [6.45, 7) is 2.06. The summed E-state index contributed by atoms with van der Waals surface area (Å²) in [4.78, 5) is 29.4. The average molecular weight is 462 g/mol. The van der Waals surface area contributed by atoms with Gasteiger partial charge < -0.3 is 15.0 Å². The van der Waals surface area contributed by atoms with E-state index < -0.39 is 0 Å². The molecule has 34 heavy (non-hydrogen) atoms. The van der Waals surface area contributed by atoms with Gasteiger partial charge in [-0.1, -0.05) is 30.3 Å². The Labute approximate surface area is 198 Å². The number of rotatable bonds is 6. The molecule has 0 bridgehead atoms. The number of hydrogen-bond donors (Lipinski definition) is 1. The molecule has 3 aromatic rings. The second-order valence-corrected chi connectivity index (χ2v) is 8.40. The SMILES string of the molecule is CNC(=O)c1cccc([C@@H]2CN(C(=O)c3cccc(OCc4cccc(F)c4)c3)CCN2C)c1. The maximum absolute atomic E-state index is 13.4. The lowest BCUT2D eigenvalue weighted by Gasteiger charge is -2.40. The summed E-state index contributed by atoms with van der Waals surface area (Å²) in [6.07, 6.45) is 0. The lowest BCUT2D eigenvalue weighted by atomic mass is 9.99. The van der Waals surface area contributed by atoms with Crippen LogP contribution in [0.2, 0.25) is 0 Å². The molecule has 1 saturated heterocycles. The van der Waals surface area contributed by atoms with Gasteiger partial charge in [-0.25, -0.2) is 4.39 Å². The molecule has 1 atom stereocenters. The Bertz CT molecular complexity index is 1180. The highest BCUT2D eigenvalue weighted by atomic mass is 19.1. The van der Waals surface area contributed by atoms with E-state index in [-0.39, 0.29) is 30.3 Å². The Morgan fingerprint density at radius 3 is 2.56 bits per heavy atom. The van der Waals surface area contributed by atoms with Gasteiger partial charge in [-0.05, 0) is 60.6 Å². The van der Waals surface area contributed by atoms with E-state index in [1.165, 1.54) is 12.1 Å². The highest BCUT2D eigenvalue weighted by Gasteiger charge is 2.29. The van der Waals surface area contributed by atoms with Crippen LogP contribution in [-0.2, 0) is 6.61 Å². The zero-order chi connectivity index (χ0) is 24.1. The molecule has 1 N–H and O–H groups in total. The van der Waals surface area contributed by atoms with E-state index in [4.69, 9.17) is 4.74 Å². The highest BCUT2D eigenvalue weighted by molar-refractivity contribution is 5.95. The van der Waals surface area contributed by atoms with Crippen LogP contribution in [0.25, 0.3) is 0 Å². The van der Waals surface area contributed by atoms with Crippen molar-refractivity contribution in [2.24, 2.45) is 0 Å². The first-order valence-corrected chi connectivity index (χ1v) is 11.2. The normalized spacial score (nSPS) is 16.2. The molecular weight excluding hydrogens is 433 g/mol. The van der Waals surface area contributed by atoms with Crippen molar-refractivity contribution in [2.45, 2.75) is 12.6 Å². The smallest absolute Gasteiger partial charge is 0.254 e. The molecule has 1 fully saturated rings. The number of benzene rings is 3. The molecule has 2 amide bonds. The predicted octanol–water partition coefficient (Wildman–Crippen LogP) is 3.89. The molecule has 6 nitrogen and oxygen atoms in total. The van der Waals surface area contributed by atoms with Crippen LogP contribution in [0, 0.1) is 5.82 Å². The predicted molar refractivity (Wildman–Crippen MR) is 128 cm³/mol. The second kappa shape index (κ2) is 10.5. The fraction of sp³-hybridized carbons (Fsp3) is 0.259. The summed E-state index contributed by atoms with van der Waals surface area (Å²) >= 11 is 0. The first-order chi connectivity index (χ1) is 16.4. The molecule has 3 aromatic carbocycles. The van der Waals surface area contributed by atoms with Crippen molar-refractivity contribution >= 4 is 11.8 Å². The summed E-state index contributed by atoms with van der Waals surface area (Å²) < 4.78 is 19.2. The highest BCUT2D eigenvalue weighted by Crippen LogP contribution is 2.26. The van der Waals surface area contributed by atoms with Crippen LogP contribution in [0.1, 0.15) is 37.9 Å². The molecule has 0 spiro atoms. The second-order valence-electron chi connectivity index (χ2n) is 8.40. The van der Waals surface area contributed by atoms with Crippen LogP contribution in [0.5, 0.6) is 5.75 Å². The van der Waals surface area contributed by atoms with Crippen LogP contribution in [0.3, 0.4) is 0 Å². The first kappa shape index (κ1) is 23.4. The third-order valence-electron chi connectivity index (χ3n) is 6.07. The summed E-state index contributed by atoms with van der Waals surface area (Å²) in [5.74, 6) is 0.0367. The van der Waals surface area contributed by atoms with Crippen LogP contribution in [0.15, 0.2) is 72.8 Å². The minimum absolute atomic E-state index is 0.0188. The third kappa shape index (κ3) is 5.43. The van der Waals surface area contributed by atoms with Gasteiger partial charge in [0.05, 0.1) is 6.04 Å². The van der Waals surface area contributed by atoms with Gasteiger partial charge in [0.2, 0.25) is 0 Å².